The summed E-state index contributed by atoms with van der Waals surface area (Å²) in [4.78, 5) is 0. The van der Waals surface area contributed by atoms with E-state index in [9.17, 15) is 0 Å². The fraction of sp³-hybridized carbons (Fsp3) is 1.00. The third-order valence-corrected chi connectivity index (χ3v) is 2.41. The van der Waals surface area contributed by atoms with Crippen LogP contribution in [0.25, 0.3) is 0 Å². The van der Waals surface area contributed by atoms with E-state index in [2.05, 4.69) is 6.92 Å². The van der Waals surface area contributed by atoms with Gasteiger partial charge in [-0.3, -0.25) is 0 Å². The van der Waals surface area contributed by atoms with E-state index in [1.54, 1.807) is 0 Å². The molecular weight excluding hydrogens is 182 g/mol. The van der Waals surface area contributed by atoms with Gasteiger partial charge in [-0.25, -0.2) is 0 Å². The molecular formula is C8H20B2O4. The van der Waals surface area contributed by atoms with Gasteiger partial charge in [0.05, 0.1) is 0 Å². The van der Waals surface area contributed by atoms with E-state index in [1.807, 2.05) is 0 Å². The summed E-state index contributed by atoms with van der Waals surface area (Å²) in [5.74, 6) is 0. The van der Waals surface area contributed by atoms with Crippen LogP contribution in [0.1, 0.15) is 45.4 Å². The van der Waals surface area contributed by atoms with Crippen LogP contribution in [-0.4, -0.2) is 34.3 Å². The Morgan fingerprint density at radius 3 is 1.79 bits per heavy atom. The number of unbranched alkanes of at least 4 members (excludes halogenated alkanes) is 4. The zero-order valence-corrected chi connectivity index (χ0v) is 8.76. The Morgan fingerprint density at radius 1 is 0.857 bits per heavy atom. The minimum atomic E-state index is -1.64. The Bertz CT molecular complexity index is 125. The zero-order chi connectivity index (χ0) is 11.0. The highest BCUT2D eigenvalue weighted by molar-refractivity contribution is 6.64. The summed E-state index contributed by atoms with van der Waals surface area (Å²) in [7, 11) is -3.28. The minimum absolute atomic E-state index is 0.443. The molecule has 0 aliphatic heterocycles. The van der Waals surface area contributed by atoms with Crippen LogP contribution in [0, 0.1) is 0 Å². The van der Waals surface area contributed by atoms with Gasteiger partial charge in [0.1, 0.15) is 0 Å². The molecule has 0 aromatic carbocycles. The quantitative estimate of drug-likeness (QED) is 0.334. The first-order valence-electron chi connectivity index (χ1n) is 5.31. The highest BCUT2D eigenvalue weighted by Crippen LogP contribution is 2.18. The van der Waals surface area contributed by atoms with Crippen molar-refractivity contribution in [2.24, 2.45) is 0 Å². The van der Waals surface area contributed by atoms with Gasteiger partial charge < -0.3 is 20.1 Å². The SMILES string of the molecule is CCCCCCCC(B(O)O)B(O)O. The van der Waals surface area contributed by atoms with Crippen molar-refractivity contribution >= 4 is 14.2 Å². The predicted molar refractivity (Wildman–Crippen MR) is 57.5 cm³/mol. The second-order valence-electron chi connectivity index (χ2n) is 3.69. The molecule has 0 saturated heterocycles. The van der Waals surface area contributed by atoms with Gasteiger partial charge in [0.25, 0.3) is 0 Å². The summed E-state index contributed by atoms with van der Waals surface area (Å²) >= 11 is 0. The first-order chi connectivity index (χ1) is 6.59. The molecule has 0 rings (SSSR count). The molecule has 0 unspecified atom stereocenters. The zero-order valence-electron chi connectivity index (χ0n) is 8.76. The van der Waals surface area contributed by atoms with E-state index in [4.69, 9.17) is 20.1 Å². The maximum absolute atomic E-state index is 8.82. The lowest BCUT2D eigenvalue weighted by atomic mass is 9.51. The Balaban J connectivity index is 3.52. The molecule has 0 aromatic rings. The molecule has 82 valence electrons. The topological polar surface area (TPSA) is 80.9 Å². The standard InChI is InChI=1S/C8H20B2O4/c1-2-3-4-5-6-7-8(9(11)12)10(13)14/h8,11-14H,2-7H2,1H3. The van der Waals surface area contributed by atoms with Crippen molar-refractivity contribution in [3.63, 3.8) is 0 Å². The highest BCUT2D eigenvalue weighted by atomic mass is 16.4. The Kier molecular flexibility index (Phi) is 8.27. The Labute approximate surface area is 86.3 Å². The number of rotatable bonds is 8. The number of hydrogen-bond donors (Lipinski definition) is 4. The second-order valence-corrected chi connectivity index (χ2v) is 3.69. The largest absolute Gasteiger partial charge is 0.452 e. The van der Waals surface area contributed by atoms with Crippen LogP contribution in [0.2, 0.25) is 5.72 Å². The van der Waals surface area contributed by atoms with E-state index in [-0.39, 0.29) is 0 Å². The summed E-state index contributed by atoms with van der Waals surface area (Å²) in [5.41, 5.74) is -0.836. The van der Waals surface area contributed by atoms with Gasteiger partial charge >= 0.3 is 14.2 Å². The van der Waals surface area contributed by atoms with Gasteiger partial charge in [0.15, 0.2) is 0 Å². The second kappa shape index (κ2) is 8.29. The van der Waals surface area contributed by atoms with Gasteiger partial charge in [-0.05, 0) is 0 Å². The molecule has 4 nitrogen and oxygen atoms in total. The van der Waals surface area contributed by atoms with E-state index < -0.39 is 20.0 Å². The fourth-order valence-electron chi connectivity index (χ4n) is 1.44. The molecule has 0 fully saturated rings. The van der Waals surface area contributed by atoms with Gasteiger partial charge in [0.2, 0.25) is 0 Å². The van der Waals surface area contributed by atoms with Crippen LogP contribution in [0.15, 0.2) is 0 Å². The lowest BCUT2D eigenvalue weighted by molar-refractivity contribution is 0.351. The summed E-state index contributed by atoms with van der Waals surface area (Å²) < 4.78 is 0. The molecule has 0 radical (unpaired) electrons. The van der Waals surface area contributed by atoms with E-state index in [1.165, 1.54) is 6.42 Å². The fourth-order valence-corrected chi connectivity index (χ4v) is 1.44. The van der Waals surface area contributed by atoms with Crippen molar-refractivity contribution in [3.05, 3.63) is 0 Å². The highest BCUT2D eigenvalue weighted by Gasteiger charge is 2.33. The van der Waals surface area contributed by atoms with Crippen molar-refractivity contribution in [1.29, 1.82) is 0 Å². The summed E-state index contributed by atoms with van der Waals surface area (Å²) in [5, 5.41) is 35.3. The predicted octanol–water partition coefficient (Wildman–Crippen LogP) is 0.202. The van der Waals surface area contributed by atoms with Crippen molar-refractivity contribution in [3.8, 4) is 0 Å². The van der Waals surface area contributed by atoms with Gasteiger partial charge in [0, 0.05) is 5.72 Å². The minimum Gasteiger partial charge on any atom is -0.427 e. The van der Waals surface area contributed by atoms with Crippen LogP contribution >= 0.6 is 0 Å². The molecule has 0 saturated carbocycles. The molecule has 14 heavy (non-hydrogen) atoms. The van der Waals surface area contributed by atoms with Gasteiger partial charge in [-0.2, -0.15) is 0 Å². The first-order valence-corrected chi connectivity index (χ1v) is 5.31. The average Bonchev–Trinajstić information content (AvgIpc) is 2.09. The summed E-state index contributed by atoms with van der Waals surface area (Å²) in [6, 6.07) is 0. The van der Waals surface area contributed by atoms with Gasteiger partial charge in [-0.15, -0.1) is 0 Å². The van der Waals surface area contributed by atoms with Crippen molar-refractivity contribution in [2.75, 3.05) is 0 Å². The maximum Gasteiger partial charge on any atom is 0.452 e. The lowest BCUT2D eigenvalue weighted by Gasteiger charge is -2.13. The van der Waals surface area contributed by atoms with Crippen LogP contribution in [-0.2, 0) is 0 Å². The number of hydrogen-bond acceptors (Lipinski definition) is 4. The van der Waals surface area contributed by atoms with Crippen molar-refractivity contribution < 1.29 is 20.1 Å². The van der Waals surface area contributed by atoms with Crippen molar-refractivity contribution in [2.45, 2.75) is 51.2 Å². The summed E-state index contributed by atoms with van der Waals surface area (Å²) in [6.07, 6.45) is 5.71. The Morgan fingerprint density at radius 2 is 1.36 bits per heavy atom. The smallest absolute Gasteiger partial charge is 0.427 e. The van der Waals surface area contributed by atoms with Crippen LogP contribution in [0.3, 0.4) is 0 Å². The van der Waals surface area contributed by atoms with Crippen LogP contribution in [0.4, 0.5) is 0 Å². The molecule has 0 aromatic heterocycles. The van der Waals surface area contributed by atoms with E-state index >= 15 is 0 Å². The lowest BCUT2D eigenvalue weighted by Crippen LogP contribution is -2.33. The monoisotopic (exact) mass is 202 g/mol. The molecule has 0 aliphatic carbocycles. The molecule has 0 bridgehead atoms. The molecule has 0 heterocycles. The normalized spacial score (nSPS) is 10.7. The maximum atomic E-state index is 8.82. The van der Waals surface area contributed by atoms with Gasteiger partial charge in [-0.1, -0.05) is 45.4 Å². The summed E-state index contributed by atoms with van der Waals surface area (Å²) in [6.45, 7) is 2.12. The molecule has 0 amide bonds. The van der Waals surface area contributed by atoms with Crippen molar-refractivity contribution in [1.82, 2.24) is 0 Å². The first kappa shape index (κ1) is 14.0. The molecule has 4 N–H and O–H groups in total. The van der Waals surface area contributed by atoms with Crippen LogP contribution in [0.5, 0.6) is 0 Å². The average molecular weight is 202 g/mol. The molecule has 0 atom stereocenters. The molecule has 0 spiro atoms. The van der Waals surface area contributed by atoms with E-state index in [0.717, 1.165) is 25.7 Å². The molecule has 6 heteroatoms. The third-order valence-electron chi connectivity index (χ3n) is 2.41. The Hall–Kier alpha value is -0.0301. The third kappa shape index (κ3) is 6.43. The van der Waals surface area contributed by atoms with E-state index in [0.29, 0.717) is 6.42 Å². The van der Waals surface area contributed by atoms with Crippen LogP contribution < -0.4 is 0 Å². The molecule has 0 aliphatic rings.